The lowest BCUT2D eigenvalue weighted by Crippen LogP contribution is -2.26. The van der Waals surface area contributed by atoms with Crippen LogP contribution in [0.15, 0.2) is 30.3 Å². The fraction of sp³-hybridized carbons (Fsp3) is 0.571. The monoisotopic (exact) mass is 300 g/mol. The van der Waals surface area contributed by atoms with Gasteiger partial charge in [-0.25, -0.2) is 0 Å². The van der Waals surface area contributed by atoms with Crippen molar-refractivity contribution in [2.75, 3.05) is 19.5 Å². The van der Waals surface area contributed by atoms with Gasteiger partial charge >= 0.3 is 0 Å². The van der Waals surface area contributed by atoms with Crippen LogP contribution in [0.25, 0.3) is 0 Å². The highest BCUT2D eigenvalue weighted by atomic mass is 32.2. The van der Waals surface area contributed by atoms with Gasteiger partial charge in [0, 0.05) is 6.61 Å². The average Bonchev–Trinajstić information content (AvgIpc) is 2.44. The van der Waals surface area contributed by atoms with Gasteiger partial charge in [0.15, 0.2) is 6.29 Å². The molecule has 2 rings (SSSR count). The lowest BCUT2D eigenvalue weighted by molar-refractivity contribution is -0.195. The molecule has 0 bridgehead atoms. The molecule has 6 heteroatoms. The second kappa shape index (κ2) is 7.17. The summed E-state index contributed by atoms with van der Waals surface area (Å²) in [6.45, 7) is 0.641. The van der Waals surface area contributed by atoms with Crippen LogP contribution < -0.4 is 0 Å². The van der Waals surface area contributed by atoms with Gasteiger partial charge in [-0.3, -0.25) is 4.18 Å². The van der Waals surface area contributed by atoms with Crippen LogP contribution in [-0.2, 0) is 23.8 Å². The van der Waals surface area contributed by atoms with E-state index < -0.39 is 16.2 Å². The molecule has 0 spiro atoms. The third-order valence-electron chi connectivity index (χ3n) is 3.06. The molecule has 1 aromatic carbocycles. The van der Waals surface area contributed by atoms with Crippen molar-refractivity contribution in [3.8, 4) is 0 Å². The first-order chi connectivity index (χ1) is 9.54. The molecule has 0 saturated carbocycles. The van der Waals surface area contributed by atoms with Crippen molar-refractivity contribution >= 4 is 10.1 Å². The molecule has 5 nitrogen and oxygen atoms in total. The Kier molecular flexibility index (Phi) is 5.54. The molecule has 20 heavy (non-hydrogen) atoms. The van der Waals surface area contributed by atoms with Crippen molar-refractivity contribution in [2.45, 2.75) is 31.7 Å². The molecule has 0 radical (unpaired) electrons. The van der Waals surface area contributed by atoms with Crippen molar-refractivity contribution in [1.82, 2.24) is 0 Å². The zero-order valence-corrected chi connectivity index (χ0v) is 12.3. The summed E-state index contributed by atoms with van der Waals surface area (Å²) in [5.41, 5.74) is 0.880. The second-order valence-electron chi connectivity index (χ2n) is 4.82. The number of hydrogen-bond donors (Lipinski definition) is 0. The topological polar surface area (TPSA) is 61.8 Å². The molecular formula is C14H20O5S. The van der Waals surface area contributed by atoms with Crippen LogP contribution in [0.5, 0.6) is 0 Å². The van der Waals surface area contributed by atoms with Crippen molar-refractivity contribution in [3.63, 3.8) is 0 Å². The molecule has 1 aliphatic rings. The zero-order valence-electron chi connectivity index (χ0n) is 11.5. The Labute approximate surface area is 120 Å². The van der Waals surface area contributed by atoms with Gasteiger partial charge in [-0.2, -0.15) is 8.42 Å². The summed E-state index contributed by atoms with van der Waals surface area (Å²) in [7, 11) is -3.49. The quantitative estimate of drug-likeness (QED) is 0.754. The van der Waals surface area contributed by atoms with E-state index in [9.17, 15) is 8.42 Å². The van der Waals surface area contributed by atoms with Gasteiger partial charge in [0.05, 0.1) is 12.9 Å². The van der Waals surface area contributed by atoms with Crippen molar-refractivity contribution in [3.05, 3.63) is 35.9 Å². The van der Waals surface area contributed by atoms with Crippen LogP contribution in [0, 0.1) is 0 Å². The standard InChI is InChI=1S/C14H20O5S/c1-20(15,16)18-11-13(12-7-3-2-4-8-12)19-14-9-5-6-10-17-14/h2-4,7-8,13-14H,5-6,9-11H2,1H3. The lowest BCUT2D eigenvalue weighted by atomic mass is 10.1. The Morgan fingerprint density at radius 1 is 1.30 bits per heavy atom. The maximum absolute atomic E-state index is 11.2. The Balaban J connectivity index is 2.03. The molecule has 2 unspecified atom stereocenters. The van der Waals surface area contributed by atoms with Gasteiger partial charge in [-0.15, -0.1) is 0 Å². The highest BCUT2D eigenvalue weighted by molar-refractivity contribution is 7.85. The molecular weight excluding hydrogens is 280 g/mol. The predicted molar refractivity (Wildman–Crippen MR) is 74.7 cm³/mol. The van der Waals surface area contributed by atoms with E-state index in [1.54, 1.807) is 0 Å². The summed E-state index contributed by atoms with van der Waals surface area (Å²) in [4.78, 5) is 0. The number of rotatable bonds is 6. The smallest absolute Gasteiger partial charge is 0.264 e. The highest BCUT2D eigenvalue weighted by Crippen LogP contribution is 2.24. The van der Waals surface area contributed by atoms with E-state index in [0.717, 1.165) is 31.1 Å². The fourth-order valence-electron chi connectivity index (χ4n) is 2.07. The van der Waals surface area contributed by atoms with Crippen LogP contribution in [-0.4, -0.2) is 34.2 Å². The first kappa shape index (κ1) is 15.4. The minimum Gasteiger partial charge on any atom is -0.353 e. The molecule has 0 aromatic heterocycles. The SMILES string of the molecule is CS(=O)(=O)OCC(OC1CCCCO1)c1ccccc1. The van der Waals surface area contributed by atoms with E-state index >= 15 is 0 Å². The van der Waals surface area contributed by atoms with Gasteiger partial charge in [0.2, 0.25) is 0 Å². The van der Waals surface area contributed by atoms with Crippen LogP contribution in [0.1, 0.15) is 30.9 Å². The number of benzene rings is 1. The third kappa shape index (κ3) is 5.20. The van der Waals surface area contributed by atoms with Gasteiger partial charge < -0.3 is 9.47 Å². The Morgan fingerprint density at radius 2 is 2.05 bits per heavy atom. The third-order valence-corrected chi connectivity index (χ3v) is 3.62. The summed E-state index contributed by atoms with van der Waals surface area (Å²) in [5.74, 6) is 0. The highest BCUT2D eigenvalue weighted by Gasteiger charge is 2.22. The van der Waals surface area contributed by atoms with E-state index in [2.05, 4.69) is 0 Å². The minimum absolute atomic E-state index is 0.0390. The molecule has 1 fully saturated rings. The van der Waals surface area contributed by atoms with E-state index in [0.29, 0.717) is 6.61 Å². The van der Waals surface area contributed by atoms with Gasteiger partial charge in [-0.1, -0.05) is 30.3 Å². The van der Waals surface area contributed by atoms with E-state index in [4.69, 9.17) is 13.7 Å². The van der Waals surface area contributed by atoms with Crippen LogP contribution in [0.2, 0.25) is 0 Å². The van der Waals surface area contributed by atoms with Crippen LogP contribution in [0.3, 0.4) is 0 Å². The first-order valence-corrected chi connectivity index (χ1v) is 8.53. The molecule has 0 N–H and O–H groups in total. The largest absolute Gasteiger partial charge is 0.353 e. The Hall–Kier alpha value is -0.950. The molecule has 2 atom stereocenters. The van der Waals surface area contributed by atoms with E-state index in [1.165, 1.54) is 0 Å². The van der Waals surface area contributed by atoms with Gasteiger partial charge in [-0.05, 0) is 24.8 Å². The molecule has 1 saturated heterocycles. The zero-order chi connectivity index (χ0) is 14.4. The Morgan fingerprint density at radius 3 is 2.65 bits per heavy atom. The summed E-state index contributed by atoms with van der Waals surface area (Å²) in [5, 5.41) is 0. The minimum atomic E-state index is -3.49. The van der Waals surface area contributed by atoms with Gasteiger partial charge in [0.25, 0.3) is 10.1 Å². The van der Waals surface area contributed by atoms with Gasteiger partial charge in [0.1, 0.15) is 6.10 Å². The molecule has 1 aromatic rings. The lowest BCUT2D eigenvalue weighted by Gasteiger charge is -2.27. The summed E-state index contributed by atoms with van der Waals surface area (Å²) in [6, 6.07) is 9.44. The van der Waals surface area contributed by atoms with Crippen LogP contribution in [0.4, 0.5) is 0 Å². The molecule has 1 heterocycles. The van der Waals surface area contributed by atoms with Crippen molar-refractivity contribution in [2.24, 2.45) is 0 Å². The number of hydrogen-bond acceptors (Lipinski definition) is 5. The molecule has 112 valence electrons. The molecule has 1 aliphatic heterocycles. The summed E-state index contributed by atoms with van der Waals surface area (Å²) < 4.78 is 38.6. The fourth-order valence-corrected chi connectivity index (χ4v) is 2.44. The maximum Gasteiger partial charge on any atom is 0.264 e. The van der Waals surface area contributed by atoms with Crippen molar-refractivity contribution < 1.29 is 22.1 Å². The predicted octanol–water partition coefficient (Wildman–Crippen LogP) is 2.25. The first-order valence-electron chi connectivity index (χ1n) is 6.71. The van der Waals surface area contributed by atoms with Crippen molar-refractivity contribution in [1.29, 1.82) is 0 Å². The summed E-state index contributed by atoms with van der Waals surface area (Å²) >= 11 is 0. The molecule has 0 aliphatic carbocycles. The normalized spacial score (nSPS) is 21.6. The van der Waals surface area contributed by atoms with E-state index in [1.807, 2.05) is 30.3 Å². The maximum atomic E-state index is 11.2. The van der Waals surface area contributed by atoms with E-state index in [-0.39, 0.29) is 12.9 Å². The van der Waals surface area contributed by atoms with Crippen LogP contribution >= 0.6 is 0 Å². The average molecular weight is 300 g/mol. The summed E-state index contributed by atoms with van der Waals surface area (Å²) in [6.07, 6.45) is 3.20. The molecule has 0 amide bonds. The number of ether oxygens (including phenoxy) is 2. The Bertz CT molecular complexity index is 494. The second-order valence-corrected chi connectivity index (χ2v) is 6.46.